The van der Waals surface area contributed by atoms with Crippen molar-refractivity contribution in [1.82, 2.24) is 19.8 Å². The number of aromatic nitrogens is 2. The largest absolute Gasteiger partial charge is 0.335 e. The zero-order valence-corrected chi connectivity index (χ0v) is 9.92. The zero-order chi connectivity index (χ0) is 9.97. The Morgan fingerprint density at radius 2 is 2.14 bits per heavy atom. The highest BCUT2D eigenvalue weighted by atomic mass is 79.9. The molecule has 1 aromatic heterocycles. The lowest BCUT2D eigenvalue weighted by molar-refractivity contribution is 0.147. The van der Waals surface area contributed by atoms with Gasteiger partial charge in [0.2, 0.25) is 0 Å². The smallest absolute Gasteiger partial charge is 0.174 e. The summed E-state index contributed by atoms with van der Waals surface area (Å²) in [6.45, 7) is 5.59. The van der Waals surface area contributed by atoms with E-state index in [2.05, 4.69) is 42.7 Å². The maximum Gasteiger partial charge on any atom is 0.174 e. The quantitative estimate of drug-likeness (QED) is 0.857. The first-order valence-electron chi connectivity index (χ1n) is 4.84. The predicted octanol–water partition coefficient (Wildman–Crippen LogP) is 0.920. The first-order valence-corrected chi connectivity index (χ1v) is 5.63. The van der Waals surface area contributed by atoms with Gasteiger partial charge in [0, 0.05) is 38.4 Å². The number of rotatable bonds is 2. The number of H-pyrrole nitrogens is 1. The Morgan fingerprint density at radius 3 is 2.71 bits per heavy atom. The number of hydrogen-bond acceptors (Lipinski definition) is 3. The standard InChI is InChI=1S/C9H15BrN4/c1-13-2-4-14(5-3-13)7-8-6-11-9(10)12-8/h6H,2-5,7H2,1H3,(H,11,12). The lowest BCUT2D eigenvalue weighted by Crippen LogP contribution is -2.43. The summed E-state index contributed by atoms with van der Waals surface area (Å²) < 4.78 is 0.821. The number of likely N-dealkylation sites (N-methyl/N-ethyl adjacent to an activating group) is 1. The molecule has 1 aliphatic rings. The average molecular weight is 259 g/mol. The molecule has 0 saturated carbocycles. The number of imidazole rings is 1. The minimum absolute atomic E-state index is 0.821. The molecule has 0 bridgehead atoms. The fourth-order valence-corrected chi connectivity index (χ4v) is 2.02. The van der Waals surface area contributed by atoms with Gasteiger partial charge >= 0.3 is 0 Å². The fourth-order valence-electron chi connectivity index (χ4n) is 1.66. The molecule has 1 N–H and O–H groups in total. The van der Waals surface area contributed by atoms with Gasteiger partial charge in [-0.3, -0.25) is 4.90 Å². The highest BCUT2D eigenvalue weighted by molar-refractivity contribution is 9.10. The summed E-state index contributed by atoms with van der Waals surface area (Å²) in [5, 5.41) is 0. The number of nitrogens with one attached hydrogen (secondary N) is 1. The third-order valence-electron chi connectivity index (χ3n) is 2.59. The lowest BCUT2D eigenvalue weighted by Gasteiger charge is -2.31. The maximum atomic E-state index is 4.12. The summed E-state index contributed by atoms with van der Waals surface area (Å²) in [6.07, 6.45) is 1.89. The van der Waals surface area contributed by atoms with Gasteiger partial charge in [0.1, 0.15) is 0 Å². The number of halogens is 1. The highest BCUT2D eigenvalue weighted by Gasteiger charge is 2.14. The Labute approximate surface area is 92.4 Å². The van der Waals surface area contributed by atoms with E-state index in [1.807, 2.05) is 6.20 Å². The average Bonchev–Trinajstić information content (AvgIpc) is 2.56. The Bertz CT molecular complexity index is 291. The fraction of sp³-hybridized carbons (Fsp3) is 0.667. The van der Waals surface area contributed by atoms with Crippen LogP contribution in [0.3, 0.4) is 0 Å². The van der Waals surface area contributed by atoms with Crippen LogP contribution < -0.4 is 0 Å². The lowest BCUT2D eigenvalue weighted by atomic mass is 10.3. The van der Waals surface area contributed by atoms with Crippen molar-refractivity contribution in [2.75, 3.05) is 33.2 Å². The van der Waals surface area contributed by atoms with Crippen LogP contribution >= 0.6 is 15.9 Å². The Hall–Kier alpha value is -0.390. The minimum atomic E-state index is 0.821. The minimum Gasteiger partial charge on any atom is -0.335 e. The van der Waals surface area contributed by atoms with E-state index in [0.717, 1.165) is 37.5 Å². The molecule has 1 aromatic rings. The van der Waals surface area contributed by atoms with Gasteiger partial charge in [0.15, 0.2) is 4.73 Å². The summed E-state index contributed by atoms with van der Waals surface area (Å²) >= 11 is 3.31. The van der Waals surface area contributed by atoms with Crippen molar-refractivity contribution in [3.63, 3.8) is 0 Å². The number of piperazine rings is 1. The summed E-state index contributed by atoms with van der Waals surface area (Å²) in [4.78, 5) is 12.1. The Balaban J connectivity index is 1.86. The van der Waals surface area contributed by atoms with Gasteiger partial charge in [0.25, 0.3) is 0 Å². The van der Waals surface area contributed by atoms with Gasteiger partial charge in [-0.15, -0.1) is 0 Å². The van der Waals surface area contributed by atoms with E-state index in [1.54, 1.807) is 0 Å². The molecule has 0 atom stereocenters. The molecule has 0 unspecified atom stereocenters. The first kappa shape index (κ1) is 10.1. The number of hydrogen-bond donors (Lipinski definition) is 1. The second-order valence-electron chi connectivity index (χ2n) is 3.78. The maximum absolute atomic E-state index is 4.12. The predicted molar refractivity (Wildman–Crippen MR) is 59.1 cm³/mol. The van der Waals surface area contributed by atoms with Crippen molar-refractivity contribution in [3.8, 4) is 0 Å². The molecule has 0 aromatic carbocycles. The van der Waals surface area contributed by atoms with Crippen LogP contribution in [0.25, 0.3) is 0 Å². The van der Waals surface area contributed by atoms with Gasteiger partial charge in [-0.05, 0) is 23.0 Å². The summed E-state index contributed by atoms with van der Waals surface area (Å²) in [5.41, 5.74) is 1.18. The molecule has 1 aliphatic heterocycles. The van der Waals surface area contributed by atoms with Crippen molar-refractivity contribution in [3.05, 3.63) is 16.6 Å². The summed E-state index contributed by atoms with van der Waals surface area (Å²) in [6, 6.07) is 0. The second-order valence-corrected chi connectivity index (χ2v) is 4.53. The van der Waals surface area contributed by atoms with Crippen LogP contribution in [-0.4, -0.2) is 53.0 Å². The molecule has 0 aliphatic carbocycles. The molecular weight excluding hydrogens is 244 g/mol. The normalized spacial score (nSPS) is 20.1. The van der Waals surface area contributed by atoms with Crippen molar-refractivity contribution in [1.29, 1.82) is 0 Å². The molecule has 78 valence electrons. The van der Waals surface area contributed by atoms with Crippen LogP contribution in [0.5, 0.6) is 0 Å². The third kappa shape index (κ3) is 2.56. The molecular formula is C9H15BrN4. The van der Waals surface area contributed by atoms with Crippen molar-refractivity contribution < 1.29 is 0 Å². The van der Waals surface area contributed by atoms with E-state index in [0.29, 0.717) is 0 Å². The van der Waals surface area contributed by atoms with Crippen LogP contribution in [0, 0.1) is 0 Å². The molecule has 1 fully saturated rings. The van der Waals surface area contributed by atoms with Crippen molar-refractivity contribution >= 4 is 15.9 Å². The first-order chi connectivity index (χ1) is 6.74. The van der Waals surface area contributed by atoms with E-state index in [9.17, 15) is 0 Å². The SMILES string of the molecule is CN1CCN(Cc2cnc(Br)[nH]2)CC1. The van der Waals surface area contributed by atoms with Crippen LogP contribution in [0.15, 0.2) is 10.9 Å². The van der Waals surface area contributed by atoms with Crippen LogP contribution in [0.4, 0.5) is 0 Å². The van der Waals surface area contributed by atoms with Crippen molar-refractivity contribution in [2.45, 2.75) is 6.54 Å². The van der Waals surface area contributed by atoms with E-state index in [-0.39, 0.29) is 0 Å². The molecule has 1 saturated heterocycles. The third-order valence-corrected chi connectivity index (χ3v) is 2.99. The number of nitrogens with zero attached hydrogens (tertiary/aromatic N) is 3. The van der Waals surface area contributed by atoms with E-state index in [4.69, 9.17) is 0 Å². The molecule has 4 nitrogen and oxygen atoms in total. The highest BCUT2D eigenvalue weighted by Crippen LogP contribution is 2.08. The topological polar surface area (TPSA) is 35.2 Å². The molecule has 14 heavy (non-hydrogen) atoms. The van der Waals surface area contributed by atoms with Crippen LogP contribution in [0.1, 0.15) is 5.69 Å². The van der Waals surface area contributed by atoms with Gasteiger partial charge in [-0.1, -0.05) is 0 Å². The molecule has 0 amide bonds. The molecule has 0 spiro atoms. The van der Waals surface area contributed by atoms with E-state index < -0.39 is 0 Å². The zero-order valence-electron chi connectivity index (χ0n) is 8.33. The molecule has 2 heterocycles. The Morgan fingerprint density at radius 1 is 1.43 bits per heavy atom. The molecule has 5 heteroatoms. The Kier molecular flexibility index (Phi) is 3.20. The molecule has 0 radical (unpaired) electrons. The van der Waals surface area contributed by atoms with Crippen LogP contribution in [0.2, 0.25) is 0 Å². The monoisotopic (exact) mass is 258 g/mol. The second kappa shape index (κ2) is 4.42. The number of aromatic amines is 1. The van der Waals surface area contributed by atoms with Crippen LogP contribution in [-0.2, 0) is 6.54 Å². The summed E-state index contributed by atoms with van der Waals surface area (Å²) in [5.74, 6) is 0. The van der Waals surface area contributed by atoms with E-state index in [1.165, 1.54) is 5.69 Å². The van der Waals surface area contributed by atoms with Gasteiger partial charge < -0.3 is 9.88 Å². The van der Waals surface area contributed by atoms with Gasteiger partial charge in [-0.2, -0.15) is 0 Å². The van der Waals surface area contributed by atoms with Gasteiger partial charge in [0.05, 0.1) is 6.20 Å². The van der Waals surface area contributed by atoms with Crippen molar-refractivity contribution in [2.24, 2.45) is 0 Å². The van der Waals surface area contributed by atoms with E-state index >= 15 is 0 Å². The van der Waals surface area contributed by atoms with Gasteiger partial charge in [-0.25, -0.2) is 4.98 Å². The molecule has 2 rings (SSSR count). The summed E-state index contributed by atoms with van der Waals surface area (Å²) in [7, 11) is 2.17.